The van der Waals surface area contributed by atoms with Crippen molar-refractivity contribution >= 4 is 18.0 Å². The first-order valence-electron chi connectivity index (χ1n) is 12.1. The van der Waals surface area contributed by atoms with Crippen molar-refractivity contribution in [3.05, 3.63) is 41.5 Å². The molecule has 0 unspecified atom stereocenters. The summed E-state index contributed by atoms with van der Waals surface area (Å²) in [5, 5.41) is 18.2. The number of nitrogens with one attached hydrogen (secondary N) is 1. The van der Waals surface area contributed by atoms with Crippen LogP contribution in [0.2, 0.25) is 0 Å². The molecule has 1 aromatic rings. The third-order valence-electron chi connectivity index (χ3n) is 6.68. The van der Waals surface area contributed by atoms with Crippen LogP contribution in [-0.4, -0.2) is 77.7 Å². The van der Waals surface area contributed by atoms with E-state index in [1.165, 1.54) is 44.3 Å². The number of benzene rings is 1. The molecule has 2 saturated carbocycles. The van der Waals surface area contributed by atoms with Gasteiger partial charge in [-0.25, -0.2) is 9.59 Å². The summed E-state index contributed by atoms with van der Waals surface area (Å²) < 4.78 is 63.5. The molecule has 0 bridgehead atoms. The van der Waals surface area contributed by atoms with Crippen LogP contribution in [0.5, 0.6) is 0 Å². The van der Waals surface area contributed by atoms with Crippen LogP contribution in [0.1, 0.15) is 38.2 Å². The van der Waals surface area contributed by atoms with E-state index in [0.29, 0.717) is 5.41 Å². The molecule has 3 fully saturated rings. The number of likely N-dealkylation sites (tertiary alicyclic amines) is 1. The van der Waals surface area contributed by atoms with Gasteiger partial charge in [-0.2, -0.15) is 26.3 Å². The average molecular weight is 554 g/mol. The standard InChI is InChI=1S/C21H31N3.2C2HF3O2/c1-2-17(10-16-6-4-3-5-7-16)19-11-20(19)23-18-12-21(13-18)14-24(15-21)9-8-22;2*3-2(4,5)1(6)7/h3-7,10,18-20,23H,2,8-9,11-15,22H2,1H3;2*(H,6,7)/b17-10+;;/t19-,20+;;/m1../s1. The maximum Gasteiger partial charge on any atom is 0.490 e. The lowest BCUT2D eigenvalue weighted by atomic mass is 9.60. The van der Waals surface area contributed by atoms with Gasteiger partial charge in [-0.3, -0.25) is 0 Å². The highest BCUT2D eigenvalue weighted by atomic mass is 19.4. The Kier molecular flexibility index (Phi) is 10.8. The number of carboxylic acids is 2. The van der Waals surface area contributed by atoms with Gasteiger partial charge in [0, 0.05) is 38.3 Å². The second-order valence-corrected chi connectivity index (χ2v) is 9.81. The number of hydrogen-bond donors (Lipinski definition) is 4. The summed E-state index contributed by atoms with van der Waals surface area (Å²) in [7, 11) is 0. The summed E-state index contributed by atoms with van der Waals surface area (Å²) in [4.78, 5) is 20.3. The zero-order chi connectivity index (χ0) is 28.7. The van der Waals surface area contributed by atoms with Crippen molar-refractivity contribution < 1.29 is 46.1 Å². The molecule has 4 rings (SSSR count). The number of alkyl halides is 6. The number of nitrogens with two attached hydrogens (primary N) is 1. The molecule has 13 heteroatoms. The van der Waals surface area contributed by atoms with Crippen LogP contribution in [0.4, 0.5) is 26.3 Å². The number of hydrogen-bond acceptors (Lipinski definition) is 5. The average Bonchev–Trinajstić information content (AvgIpc) is 3.54. The molecule has 2 aliphatic carbocycles. The molecule has 1 aromatic carbocycles. The van der Waals surface area contributed by atoms with E-state index in [9.17, 15) is 26.3 Å². The first kappa shape index (κ1) is 31.6. The summed E-state index contributed by atoms with van der Waals surface area (Å²) in [5.41, 5.74) is 9.25. The number of carboxylic acid groups (broad SMARTS) is 2. The van der Waals surface area contributed by atoms with Gasteiger partial charge in [0.15, 0.2) is 0 Å². The Morgan fingerprint density at radius 2 is 1.55 bits per heavy atom. The fourth-order valence-corrected chi connectivity index (χ4v) is 4.93. The van der Waals surface area contributed by atoms with Gasteiger partial charge in [-0.1, -0.05) is 48.9 Å². The van der Waals surface area contributed by atoms with Gasteiger partial charge in [-0.05, 0) is 42.6 Å². The van der Waals surface area contributed by atoms with Crippen molar-refractivity contribution in [3.63, 3.8) is 0 Å². The molecule has 0 amide bonds. The van der Waals surface area contributed by atoms with Crippen molar-refractivity contribution in [3.8, 4) is 0 Å². The summed E-state index contributed by atoms with van der Waals surface area (Å²) in [5.74, 6) is -4.75. The molecule has 0 radical (unpaired) electrons. The second-order valence-electron chi connectivity index (χ2n) is 9.81. The number of rotatable bonds is 7. The Labute approximate surface area is 216 Å². The van der Waals surface area contributed by atoms with E-state index >= 15 is 0 Å². The Morgan fingerprint density at radius 1 is 1.05 bits per heavy atom. The quantitative estimate of drug-likeness (QED) is 0.375. The van der Waals surface area contributed by atoms with Gasteiger partial charge < -0.3 is 26.2 Å². The van der Waals surface area contributed by atoms with Gasteiger partial charge >= 0.3 is 24.3 Å². The molecule has 1 spiro atoms. The van der Waals surface area contributed by atoms with E-state index in [0.717, 1.165) is 31.1 Å². The van der Waals surface area contributed by atoms with Crippen LogP contribution >= 0.6 is 0 Å². The smallest absolute Gasteiger partial charge is 0.475 e. The molecular formula is C25H33F6N3O4. The summed E-state index contributed by atoms with van der Waals surface area (Å²) in [6, 6.07) is 12.2. The maximum atomic E-state index is 10.6. The molecule has 0 aromatic heterocycles. The fraction of sp³-hybridized carbons (Fsp3) is 0.600. The van der Waals surface area contributed by atoms with E-state index in [4.69, 9.17) is 25.5 Å². The highest BCUT2D eigenvalue weighted by molar-refractivity contribution is 5.73. The topological polar surface area (TPSA) is 116 Å². The predicted molar refractivity (Wildman–Crippen MR) is 128 cm³/mol. The summed E-state index contributed by atoms with van der Waals surface area (Å²) in [6.07, 6.45) is -2.51. The van der Waals surface area contributed by atoms with Crippen molar-refractivity contribution in [2.45, 2.75) is 57.0 Å². The predicted octanol–water partition coefficient (Wildman–Crippen LogP) is 4.15. The largest absolute Gasteiger partial charge is 0.490 e. The molecule has 1 aliphatic heterocycles. The van der Waals surface area contributed by atoms with E-state index < -0.39 is 24.3 Å². The molecule has 214 valence electrons. The van der Waals surface area contributed by atoms with Crippen molar-refractivity contribution in [2.75, 3.05) is 26.2 Å². The third kappa shape index (κ3) is 9.59. The second kappa shape index (κ2) is 12.9. The van der Waals surface area contributed by atoms with Crippen LogP contribution in [0.25, 0.3) is 6.08 Å². The minimum Gasteiger partial charge on any atom is -0.475 e. The minimum atomic E-state index is -5.08. The highest BCUT2D eigenvalue weighted by Gasteiger charge is 2.53. The first-order chi connectivity index (χ1) is 17.6. The van der Waals surface area contributed by atoms with Gasteiger partial charge in [0.1, 0.15) is 0 Å². The van der Waals surface area contributed by atoms with Gasteiger partial charge in [0.25, 0.3) is 0 Å². The van der Waals surface area contributed by atoms with Crippen LogP contribution in [0.3, 0.4) is 0 Å². The summed E-state index contributed by atoms with van der Waals surface area (Å²) in [6.45, 7) is 6.74. The molecule has 38 heavy (non-hydrogen) atoms. The van der Waals surface area contributed by atoms with Crippen molar-refractivity contribution in [2.24, 2.45) is 17.1 Å². The minimum absolute atomic E-state index is 0.644. The lowest BCUT2D eigenvalue weighted by Crippen LogP contribution is -2.66. The lowest BCUT2D eigenvalue weighted by Gasteiger charge is -2.59. The van der Waals surface area contributed by atoms with Crippen LogP contribution < -0.4 is 11.1 Å². The number of nitrogens with zero attached hydrogens (tertiary/aromatic N) is 1. The van der Waals surface area contributed by atoms with Crippen molar-refractivity contribution in [1.82, 2.24) is 10.2 Å². The zero-order valence-corrected chi connectivity index (χ0v) is 20.9. The maximum absolute atomic E-state index is 10.6. The molecule has 3 aliphatic rings. The van der Waals surface area contributed by atoms with Crippen LogP contribution in [-0.2, 0) is 9.59 Å². The summed E-state index contributed by atoms with van der Waals surface area (Å²) >= 11 is 0. The van der Waals surface area contributed by atoms with E-state index in [1.54, 1.807) is 5.57 Å². The van der Waals surface area contributed by atoms with Crippen LogP contribution in [0, 0.1) is 11.3 Å². The third-order valence-corrected chi connectivity index (χ3v) is 6.68. The Hall–Kier alpha value is -2.64. The molecule has 5 N–H and O–H groups in total. The SMILES string of the molecule is CC/C(=C\c1ccccc1)[C@H]1C[C@@H]1NC1CC2(C1)CN(CCN)C2.O=C(O)C(F)(F)F.O=C(O)C(F)(F)F. The number of aliphatic carboxylic acids is 2. The fourth-order valence-electron chi connectivity index (χ4n) is 4.93. The Balaban J connectivity index is 0.000000301. The van der Waals surface area contributed by atoms with Gasteiger partial charge in [0.2, 0.25) is 0 Å². The number of halogens is 6. The normalized spacial score (nSPS) is 22.7. The zero-order valence-electron chi connectivity index (χ0n) is 20.9. The number of carbonyl (C=O) groups is 2. The Morgan fingerprint density at radius 3 is 1.97 bits per heavy atom. The van der Waals surface area contributed by atoms with Gasteiger partial charge in [-0.15, -0.1) is 0 Å². The molecule has 2 atom stereocenters. The van der Waals surface area contributed by atoms with Crippen LogP contribution in [0.15, 0.2) is 35.9 Å². The lowest BCUT2D eigenvalue weighted by molar-refractivity contribution is -0.193. The molecule has 7 nitrogen and oxygen atoms in total. The molecule has 1 heterocycles. The highest BCUT2D eigenvalue weighted by Crippen LogP contribution is 2.50. The van der Waals surface area contributed by atoms with E-state index in [2.05, 4.69) is 53.5 Å². The van der Waals surface area contributed by atoms with Gasteiger partial charge in [0.05, 0.1) is 0 Å². The van der Waals surface area contributed by atoms with E-state index in [-0.39, 0.29) is 0 Å². The molecular weight excluding hydrogens is 520 g/mol. The monoisotopic (exact) mass is 553 g/mol. The van der Waals surface area contributed by atoms with E-state index in [1.807, 2.05) is 0 Å². The first-order valence-corrected chi connectivity index (χ1v) is 12.1. The molecule has 1 saturated heterocycles. The van der Waals surface area contributed by atoms with Crippen molar-refractivity contribution in [1.29, 1.82) is 0 Å². The Bertz CT molecular complexity index is 930.